The zero-order valence-electron chi connectivity index (χ0n) is 18.0. The highest BCUT2D eigenvalue weighted by atomic mass is 32.2. The van der Waals surface area contributed by atoms with Crippen LogP contribution in [0.15, 0.2) is 83.0 Å². The first kappa shape index (κ1) is 22.2. The summed E-state index contributed by atoms with van der Waals surface area (Å²) in [6, 6.07) is 17.9. The van der Waals surface area contributed by atoms with E-state index in [4.69, 9.17) is 9.47 Å². The lowest BCUT2D eigenvalue weighted by molar-refractivity contribution is 0.0601. The van der Waals surface area contributed by atoms with Crippen LogP contribution in [0, 0.1) is 0 Å². The molecule has 4 aromatic rings. The van der Waals surface area contributed by atoms with E-state index in [0.29, 0.717) is 22.2 Å². The molecule has 10 heteroatoms. The second kappa shape index (κ2) is 10.0. The number of carbonyl (C=O) groups excluding carboxylic acids is 1. The van der Waals surface area contributed by atoms with Gasteiger partial charge < -0.3 is 14.8 Å². The number of benzene rings is 2. The Balaban J connectivity index is 1.60. The van der Waals surface area contributed by atoms with Crippen LogP contribution in [0.25, 0.3) is 0 Å². The maximum absolute atomic E-state index is 13.3. The minimum absolute atomic E-state index is 0.0586. The van der Waals surface area contributed by atoms with Gasteiger partial charge in [0.1, 0.15) is 5.75 Å². The van der Waals surface area contributed by atoms with E-state index < -0.39 is 5.97 Å². The van der Waals surface area contributed by atoms with Gasteiger partial charge in [-0.1, -0.05) is 23.9 Å². The molecule has 2 aromatic carbocycles. The number of rotatable bonds is 8. The van der Waals surface area contributed by atoms with Gasteiger partial charge in [0.15, 0.2) is 0 Å². The van der Waals surface area contributed by atoms with Crippen molar-refractivity contribution in [3.05, 3.63) is 94.5 Å². The van der Waals surface area contributed by atoms with E-state index in [1.807, 2.05) is 36.4 Å². The van der Waals surface area contributed by atoms with Crippen LogP contribution in [0.1, 0.15) is 15.9 Å². The van der Waals surface area contributed by atoms with Crippen LogP contribution in [0.4, 0.5) is 11.5 Å². The molecule has 1 N–H and O–H groups in total. The van der Waals surface area contributed by atoms with Gasteiger partial charge in [-0.25, -0.2) is 4.79 Å². The van der Waals surface area contributed by atoms with Crippen molar-refractivity contribution in [1.29, 1.82) is 0 Å². The molecule has 0 saturated carbocycles. The number of nitrogens with one attached hydrogen (secondary N) is 1. The summed E-state index contributed by atoms with van der Waals surface area (Å²) in [6.45, 7) is 0. The summed E-state index contributed by atoms with van der Waals surface area (Å²) in [4.78, 5) is 24.9. The molecular weight excluding hydrogens is 442 g/mol. The second-order valence-corrected chi connectivity index (χ2v) is 7.78. The van der Waals surface area contributed by atoms with Crippen molar-refractivity contribution in [3.63, 3.8) is 0 Å². The number of esters is 1. The Hall–Kier alpha value is -4.05. The Bertz CT molecular complexity index is 1290. The molecule has 0 unspecified atom stereocenters. The molecule has 0 atom stereocenters. The lowest BCUT2D eigenvalue weighted by Gasteiger charge is -2.14. The zero-order chi connectivity index (χ0) is 23.2. The number of aromatic nitrogens is 4. The third-order valence-corrected chi connectivity index (χ3v) is 5.72. The van der Waals surface area contributed by atoms with E-state index in [0.717, 1.165) is 11.3 Å². The van der Waals surface area contributed by atoms with Gasteiger partial charge >= 0.3 is 11.5 Å². The molecule has 0 aliphatic rings. The van der Waals surface area contributed by atoms with Gasteiger partial charge in [-0.2, -0.15) is 4.68 Å². The number of carbonyl (C=O) groups is 1. The highest BCUT2D eigenvalue weighted by molar-refractivity contribution is 7.98. The summed E-state index contributed by atoms with van der Waals surface area (Å²) in [7, 11) is 2.94. The minimum atomic E-state index is -0.436. The molecule has 0 aliphatic carbocycles. The molecule has 33 heavy (non-hydrogen) atoms. The zero-order valence-corrected chi connectivity index (χ0v) is 18.8. The number of hydrogen-bond acceptors (Lipinski definition) is 8. The fourth-order valence-corrected chi connectivity index (χ4v) is 3.90. The smallest absolute Gasteiger partial charge is 0.337 e. The van der Waals surface area contributed by atoms with E-state index in [9.17, 15) is 9.59 Å². The topological polar surface area (TPSA) is 100 Å². The molecule has 2 aromatic heterocycles. The SMILES string of the molecule is COC(=O)c1ccc(Nc2nnc(SCc3ccc(OC)cc3)n(-n3cccc3)c2=O)cc1. The lowest BCUT2D eigenvalue weighted by atomic mass is 10.2. The Morgan fingerprint density at radius 1 is 1.00 bits per heavy atom. The molecule has 0 saturated heterocycles. The molecule has 4 rings (SSSR count). The van der Waals surface area contributed by atoms with Gasteiger partial charge in [-0.15, -0.1) is 10.2 Å². The van der Waals surface area contributed by atoms with Crippen molar-refractivity contribution in [2.75, 3.05) is 19.5 Å². The van der Waals surface area contributed by atoms with Crippen molar-refractivity contribution < 1.29 is 14.3 Å². The molecule has 168 valence electrons. The summed E-state index contributed by atoms with van der Waals surface area (Å²) in [6.07, 6.45) is 3.52. The number of methoxy groups -OCH3 is 2. The number of thioether (sulfide) groups is 1. The summed E-state index contributed by atoms with van der Waals surface area (Å²) >= 11 is 1.40. The van der Waals surface area contributed by atoms with Gasteiger partial charge in [0.25, 0.3) is 0 Å². The van der Waals surface area contributed by atoms with Crippen molar-refractivity contribution in [2.45, 2.75) is 10.9 Å². The Labute approximate surface area is 194 Å². The van der Waals surface area contributed by atoms with E-state index in [1.54, 1.807) is 48.4 Å². The molecule has 0 radical (unpaired) electrons. The molecule has 0 bridgehead atoms. The fraction of sp³-hybridized carbons (Fsp3) is 0.130. The number of nitrogens with zero attached hydrogens (tertiary/aromatic N) is 4. The summed E-state index contributed by atoms with van der Waals surface area (Å²) in [5.74, 6) is 1.00. The molecule has 0 amide bonds. The van der Waals surface area contributed by atoms with Crippen LogP contribution < -0.4 is 15.6 Å². The minimum Gasteiger partial charge on any atom is -0.497 e. The largest absolute Gasteiger partial charge is 0.497 e. The Morgan fingerprint density at radius 2 is 1.70 bits per heavy atom. The van der Waals surface area contributed by atoms with Crippen LogP contribution >= 0.6 is 11.8 Å². The van der Waals surface area contributed by atoms with Crippen LogP contribution in [0.5, 0.6) is 5.75 Å². The molecule has 0 fully saturated rings. The van der Waals surface area contributed by atoms with Crippen molar-refractivity contribution in [3.8, 4) is 5.75 Å². The predicted molar refractivity (Wildman–Crippen MR) is 125 cm³/mol. The second-order valence-electron chi connectivity index (χ2n) is 6.84. The van der Waals surface area contributed by atoms with Crippen LogP contribution in [-0.2, 0) is 10.5 Å². The fourth-order valence-electron chi connectivity index (χ4n) is 3.01. The van der Waals surface area contributed by atoms with Crippen LogP contribution in [-0.4, -0.2) is 39.7 Å². The summed E-state index contributed by atoms with van der Waals surface area (Å²) < 4.78 is 13.0. The molecule has 9 nitrogen and oxygen atoms in total. The Kier molecular flexibility index (Phi) is 6.75. The van der Waals surface area contributed by atoms with Crippen molar-refractivity contribution in [2.24, 2.45) is 0 Å². The highest BCUT2D eigenvalue weighted by Gasteiger charge is 2.15. The van der Waals surface area contributed by atoms with Gasteiger partial charge in [0.05, 0.1) is 19.8 Å². The van der Waals surface area contributed by atoms with E-state index in [1.165, 1.54) is 23.5 Å². The monoisotopic (exact) mass is 463 g/mol. The number of hydrogen-bond donors (Lipinski definition) is 1. The standard InChI is InChI=1S/C23H21N5O4S/c1-31-19-11-5-16(6-12-19)15-33-23-26-25-20(21(29)28(23)27-13-3-4-14-27)24-18-9-7-17(8-10-18)22(30)32-2/h3-14H,15H2,1-2H3,(H,24,25). The number of ether oxygens (including phenoxy) is 2. The predicted octanol–water partition coefficient (Wildman–Crippen LogP) is 3.58. The lowest BCUT2D eigenvalue weighted by Crippen LogP contribution is -2.30. The first-order chi connectivity index (χ1) is 16.1. The maximum atomic E-state index is 13.3. The van der Waals surface area contributed by atoms with Gasteiger partial charge in [0, 0.05) is 23.8 Å². The first-order valence-electron chi connectivity index (χ1n) is 9.93. The van der Waals surface area contributed by atoms with Crippen molar-refractivity contribution in [1.82, 2.24) is 19.5 Å². The quantitative estimate of drug-likeness (QED) is 0.313. The first-order valence-corrected chi connectivity index (χ1v) is 10.9. The normalized spacial score (nSPS) is 10.6. The third-order valence-electron chi connectivity index (χ3n) is 4.73. The molecular formula is C23H21N5O4S. The van der Waals surface area contributed by atoms with E-state index in [2.05, 4.69) is 15.5 Å². The van der Waals surface area contributed by atoms with Crippen LogP contribution in [0.3, 0.4) is 0 Å². The highest BCUT2D eigenvalue weighted by Crippen LogP contribution is 2.22. The average molecular weight is 464 g/mol. The average Bonchev–Trinajstić information content (AvgIpc) is 3.39. The van der Waals surface area contributed by atoms with Crippen LogP contribution in [0.2, 0.25) is 0 Å². The molecule has 2 heterocycles. The third kappa shape index (κ3) is 5.07. The van der Waals surface area contributed by atoms with E-state index in [-0.39, 0.29) is 11.4 Å². The van der Waals surface area contributed by atoms with Crippen molar-refractivity contribution >= 4 is 29.2 Å². The Morgan fingerprint density at radius 3 is 2.33 bits per heavy atom. The van der Waals surface area contributed by atoms with E-state index >= 15 is 0 Å². The summed E-state index contributed by atoms with van der Waals surface area (Å²) in [5.41, 5.74) is 1.69. The molecule has 0 aliphatic heterocycles. The molecule has 0 spiro atoms. The van der Waals surface area contributed by atoms with Gasteiger partial charge in [0.2, 0.25) is 11.0 Å². The number of anilines is 2. The van der Waals surface area contributed by atoms with Gasteiger partial charge in [-0.05, 0) is 54.1 Å². The maximum Gasteiger partial charge on any atom is 0.337 e. The van der Waals surface area contributed by atoms with Gasteiger partial charge in [-0.3, -0.25) is 9.47 Å². The summed E-state index contributed by atoms with van der Waals surface area (Å²) in [5, 5.41) is 11.8.